The zero-order valence-corrected chi connectivity index (χ0v) is 10.3. The normalized spacial score (nSPS) is 12.3. The molecule has 0 aliphatic rings. The van der Waals surface area contributed by atoms with Crippen molar-refractivity contribution in [2.75, 3.05) is 0 Å². The van der Waals surface area contributed by atoms with Gasteiger partial charge in [0.1, 0.15) is 5.54 Å². The Morgan fingerprint density at radius 3 is 2.25 bits per heavy atom. The van der Waals surface area contributed by atoms with Gasteiger partial charge in [0, 0.05) is 5.92 Å². The Morgan fingerprint density at radius 1 is 1.19 bits per heavy atom. The molecule has 0 aromatic heterocycles. The molecule has 16 heavy (non-hydrogen) atoms. The quantitative estimate of drug-likeness (QED) is 0.709. The van der Waals surface area contributed by atoms with Gasteiger partial charge in [0.05, 0.1) is 5.69 Å². The van der Waals surface area contributed by atoms with E-state index in [4.69, 9.17) is 0 Å². The fourth-order valence-corrected chi connectivity index (χ4v) is 1.43. The second-order valence-electron chi connectivity index (χ2n) is 4.61. The fraction of sp³-hybridized carbons (Fsp3) is 0.462. The Labute approximate surface area is 96.6 Å². The third kappa shape index (κ3) is 3.26. The van der Waals surface area contributed by atoms with Gasteiger partial charge in [0.15, 0.2) is 5.78 Å². The van der Waals surface area contributed by atoms with Gasteiger partial charge in [-0.2, -0.15) is 10.2 Å². The van der Waals surface area contributed by atoms with Gasteiger partial charge >= 0.3 is 0 Å². The first-order chi connectivity index (χ1) is 7.43. The highest BCUT2D eigenvalue weighted by molar-refractivity contribution is 5.89. The van der Waals surface area contributed by atoms with Crippen LogP contribution in [-0.4, -0.2) is 11.3 Å². The van der Waals surface area contributed by atoms with Crippen LogP contribution in [0.25, 0.3) is 0 Å². The summed E-state index contributed by atoms with van der Waals surface area (Å²) >= 11 is 0. The van der Waals surface area contributed by atoms with Crippen molar-refractivity contribution in [1.29, 1.82) is 0 Å². The number of carbonyl (C=O) groups is 1. The first-order valence-electron chi connectivity index (χ1n) is 5.46. The predicted octanol–water partition coefficient (Wildman–Crippen LogP) is 3.77. The minimum absolute atomic E-state index is 0.0234. The van der Waals surface area contributed by atoms with E-state index in [1.165, 1.54) is 0 Å². The number of azo groups is 1. The second kappa shape index (κ2) is 5.01. The van der Waals surface area contributed by atoms with E-state index in [1.54, 1.807) is 13.8 Å². The maximum atomic E-state index is 11.8. The van der Waals surface area contributed by atoms with Gasteiger partial charge < -0.3 is 0 Å². The van der Waals surface area contributed by atoms with Crippen molar-refractivity contribution in [2.24, 2.45) is 16.1 Å². The molecule has 1 aromatic carbocycles. The van der Waals surface area contributed by atoms with E-state index in [0.29, 0.717) is 0 Å². The second-order valence-corrected chi connectivity index (χ2v) is 4.61. The molecule has 0 bridgehead atoms. The number of Topliss-reactive ketones (excluding diaryl/α,β-unsaturated/α-hetero) is 1. The molecule has 1 aromatic rings. The van der Waals surface area contributed by atoms with Crippen LogP contribution in [-0.2, 0) is 4.79 Å². The third-order valence-corrected chi connectivity index (χ3v) is 2.30. The molecule has 0 heterocycles. The molecule has 0 radical (unpaired) electrons. The Morgan fingerprint density at radius 2 is 1.75 bits per heavy atom. The van der Waals surface area contributed by atoms with Crippen LogP contribution in [0.3, 0.4) is 0 Å². The van der Waals surface area contributed by atoms with Crippen molar-refractivity contribution in [3.63, 3.8) is 0 Å². The lowest BCUT2D eigenvalue weighted by molar-refractivity contribution is -0.126. The smallest absolute Gasteiger partial charge is 0.164 e. The van der Waals surface area contributed by atoms with Gasteiger partial charge in [-0.05, 0) is 26.0 Å². The minimum Gasteiger partial charge on any atom is -0.297 e. The van der Waals surface area contributed by atoms with Crippen LogP contribution < -0.4 is 0 Å². The van der Waals surface area contributed by atoms with E-state index in [-0.39, 0.29) is 11.7 Å². The predicted molar refractivity (Wildman–Crippen MR) is 64.9 cm³/mol. The summed E-state index contributed by atoms with van der Waals surface area (Å²) in [6.45, 7) is 7.34. The summed E-state index contributed by atoms with van der Waals surface area (Å²) in [7, 11) is 0. The van der Waals surface area contributed by atoms with Crippen molar-refractivity contribution in [3.8, 4) is 0 Å². The van der Waals surface area contributed by atoms with Crippen molar-refractivity contribution in [3.05, 3.63) is 30.3 Å². The standard InChI is InChI=1S/C13H18N2O/c1-10(2)12(16)13(3,4)15-14-11-8-6-5-7-9-11/h5-10H,1-4H3. The molecule has 0 saturated carbocycles. The Hall–Kier alpha value is -1.51. The van der Waals surface area contributed by atoms with E-state index in [1.807, 2.05) is 44.2 Å². The summed E-state index contributed by atoms with van der Waals surface area (Å²) in [4.78, 5) is 11.8. The number of hydrogen-bond donors (Lipinski definition) is 0. The third-order valence-electron chi connectivity index (χ3n) is 2.30. The summed E-state index contributed by atoms with van der Waals surface area (Å²) < 4.78 is 0. The molecule has 0 saturated heterocycles. The van der Waals surface area contributed by atoms with Gasteiger partial charge in [0.2, 0.25) is 0 Å². The van der Waals surface area contributed by atoms with Crippen molar-refractivity contribution in [1.82, 2.24) is 0 Å². The molecular weight excluding hydrogens is 200 g/mol. The number of rotatable bonds is 4. The van der Waals surface area contributed by atoms with E-state index in [2.05, 4.69) is 10.2 Å². The Kier molecular flexibility index (Phi) is 3.93. The van der Waals surface area contributed by atoms with Crippen LogP contribution in [0.1, 0.15) is 27.7 Å². The number of carbonyl (C=O) groups excluding carboxylic acids is 1. The van der Waals surface area contributed by atoms with E-state index >= 15 is 0 Å². The highest BCUT2D eigenvalue weighted by Gasteiger charge is 2.29. The molecule has 0 fully saturated rings. The lowest BCUT2D eigenvalue weighted by Crippen LogP contribution is -2.32. The first-order valence-corrected chi connectivity index (χ1v) is 5.46. The first kappa shape index (κ1) is 12.6. The number of benzene rings is 1. The SMILES string of the molecule is CC(C)C(=O)C(C)(C)N=Nc1ccccc1. The summed E-state index contributed by atoms with van der Waals surface area (Å²) in [6, 6.07) is 9.43. The van der Waals surface area contributed by atoms with Gasteiger partial charge in [-0.25, -0.2) is 0 Å². The Balaban J connectivity index is 2.80. The van der Waals surface area contributed by atoms with E-state index in [0.717, 1.165) is 5.69 Å². The molecular formula is C13H18N2O. The summed E-state index contributed by atoms with van der Waals surface area (Å²) in [5.74, 6) is 0.0805. The molecule has 0 unspecified atom stereocenters. The van der Waals surface area contributed by atoms with Crippen LogP contribution >= 0.6 is 0 Å². The van der Waals surface area contributed by atoms with Gasteiger partial charge in [-0.15, -0.1) is 0 Å². The summed E-state index contributed by atoms with van der Waals surface area (Å²) in [5, 5.41) is 8.21. The van der Waals surface area contributed by atoms with E-state index < -0.39 is 5.54 Å². The van der Waals surface area contributed by atoms with Crippen molar-refractivity contribution < 1.29 is 4.79 Å². The highest BCUT2D eigenvalue weighted by Crippen LogP contribution is 2.20. The molecule has 0 amide bonds. The monoisotopic (exact) mass is 218 g/mol. The topological polar surface area (TPSA) is 41.8 Å². The van der Waals surface area contributed by atoms with E-state index in [9.17, 15) is 4.79 Å². The maximum Gasteiger partial charge on any atom is 0.164 e. The molecule has 0 N–H and O–H groups in total. The molecule has 0 spiro atoms. The molecule has 0 aliphatic carbocycles. The summed E-state index contributed by atoms with van der Waals surface area (Å²) in [5.41, 5.74) is 0.0245. The maximum absolute atomic E-state index is 11.8. The minimum atomic E-state index is -0.746. The summed E-state index contributed by atoms with van der Waals surface area (Å²) in [6.07, 6.45) is 0. The van der Waals surface area contributed by atoms with Crippen LogP contribution in [0.4, 0.5) is 5.69 Å². The molecule has 3 nitrogen and oxygen atoms in total. The zero-order chi connectivity index (χ0) is 12.2. The largest absolute Gasteiger partial charge is 0.297 e. The van der Waals surface area contributed by atoms with Crippen LogP contribution in [0.5, 0.6) is 0 Å². The highest BCUT2D eigenvalue weighted by atomic mass is 16.1. The number of ketones is 1. The molecule has 0 aliphatic heterocycles. The van der Waals surface area contributed by atoms with Crippen LogP contribution in [0.2, 0.25) is 0 Å². The van der Waals surface area contributed by atoms with Crippen molar-refractivity contribution in [2.45, 2.75) is 33.2 Å². The molecule has 3 heteroatoms. The number of nitrogens with zero attached hydrogens (tertiary/aromatic N) is 2. The van der Waals surface area contributed by atoms with Gasteiger partial charge in [0.25, 0.3) is 0 Å². The average molecular weight is 218 g/mol. The lowest BCUT2D eigenvalue weighted by Gasteiger charge is -2.18. The van der Waals surface area contributed by atoms with Gasteiger partial charge in [-0.3, -0.25) is 4.79 Å². The molecule has 1 rings (SSSR count). The van der Waals surface area contributed by atoms with Crippen molar-refractivity contribution >= 4 is 11.5 Å². The zero-order valence-electron chi connectivity index (χ0n) is 10.3. The van der Waals surface area contributed by atoms with Crippen LogP contribution in [0, 0.1) is 5.92 Å². The van der Waals surface area contributed by atoms with Crippen LogP contribution in [0.15, 0.2) is 40.6 Å². The fourth-order valence-electron chi connectivity index (χ4n) is 1.43. The molecule has 0 atom stereocenters. The average Bonchev–Trinajstić information content (AvgIpc) is 2.27. The van der Waals surface area contributed by atoms with Gasteiger partial charge in [-0.1, -0.05) is 32.0 Å². The number of hydrogen-bond acceptors (Lipinski definition) is 3. The molecule has 86 valence electrons. The Bertz CT molecular complexity index is 380. The lowest BCUT2D eigenvalue weighted by atomic mass is 9.92.